The van der Waals surface area contributed by atoms with E-state index in [0.29, 0.717) is 11.3 Å². The Bertz CT molecular complexity index is 937. The van der Waals surface area contributed by atoms with Gasteiger partial charge in [-0.1, -0.05) is 39.8 Å². The van der Waals surface area contributed by atoms with Crippen molar-refractivity contribution in [2.24, 2.45) is 11.8 Å². The van der Waals surface area contributed by atoms with Crippen LogP contribution in [0.5, 0.6) is 5.75 Å². The van der Waals surface area contributed by atoms with E-state index in [4.69, 9.17) is 9.16 Å². The van der Waals surface area contributed by atoms with E-state index in [1.165, 1.54) is 4.90 Å². The van der Waals surface area contributed by atoms with Crippen molar-refractivity contribution < 1.29 is 23.5 Å². The highest BCUT2D eigenvalue weighted by Crippen LogP contribution is 2.40. The minimum atomic E-state index is -2.09. The monoisotopic (exact) mass is 460 g/mol. The van der Waals surface area contributed by atoms with Gasteiger partial charge < -0.3 is 14.5 Å². The van der Waals surface area contributed by atoms with E-state index < -0.39 is 31.9 Å². The zero-order chi connectivity index (χ0) is 24.2. The molecule has 0 radical (unpaired) electrons. The number of carbonyl (C=O) groups excluding carboxylic acids is 3. The van der Waals surface area contributed by atoms with E-state index in [2.05, 4.69) is 39.2 Å². The second-order valence-electron chi connectivity index (χ2n) is 11.0. The number of amides is 3. The van der Waals surface area contributed by atoms with Crippen LogP contribution in [0.3, 0.4) is 0 Å². The zero-order valence-corrected chi connectivity index (χ0v) is 21.6. The summed E-state index contributed by atoms with van der Waals surface area (Å²) >= 11 is 0. The fourth-order valence-corrected chi connectivity index (χ4v) is 5.64. The SMILES string of the molecule is CC(C(=O)N1C(=O)c2ccccc2OC1(C)C)[C@H]1NC(=O)[C@@H]1[C@@H](C)O[Si](C)(C)C(C)(C)C. The number of nitrogens with zero attached hydrogens (tertiary/aromatic N) is 1. The van der Waals surface area contributed by atoms with Crippen molar-refractivity contribution >= 4 is 26.0 Å². The van der Waals surface area contributed by atoms with Gasteiger partial charge in [-0.15, -0.1) is 0 Å². The molecule has 3 rings (SSSR count). The van der Waals surface area contributed by atoms with Crippen LogP contribution in [0, 0.1) is 11.8 Å². The zero-order valence-electron chi connectivity index (χ0n) is 20.6. The summed E-state index contributed by atoms with van der Waals surface area (Å²) in [6, 6.07) is 6.51. The van der Waals surface area contributed by atoms with E-state index in [0.717, 1.165) is 0 Å². The van der Waals surface area contributed by atoms with Crippen LogP contribution in [0.25, 0.3) is 0 Å². The van der Waals surface area contributed by atoms with Crippen LogP contribution < -0.4 is 10.1 Å². The third-order valence-electron chi connectivity index (χ3n) is 7.16. The summed E-state index contributed by atoms with van der Waals surface area (Å²) in [5.41, 5.74) is -0.778. The van der Waals surface area contributed by atoms with E-state index in [1.807, 2.05) is 6.92 Å². The number of imide groups is 1. The lowest BCUT2D eigenvalue weighted by molar-refractivity contribution is -0.154. The molecule has 7 nitrogen and oxygen atoms in total. The van der Waals surface area contributed by atoms with E-state index in [-0.39, 0.29) is 28.9 Å². The van der Waals surface area contributed by atoms with E-state index in [9.17, 15) is 14.4 Å². The molecule has 0 aliphatic carbocycles. The molecule has 2 aliphatic rings. The van der Waals surface area contributed by atoms with Gasteiger partial charge in [-0.25, -0.2) is 4.90 Å². The Morgan fingerprint density at radius 2 is 1.78 bits per heavy atom. The Balaban J connectivity index is 1.81. The molecule has 2 aliphatic heterocycles. The van der Waals surface area contributed by atoms with Crippen molar-refractivity contribution in [3.63, 3.8) is 0 Å². The Kier molecular flexibility index (Phi) is 6.10. The Hall–Kier alpha value is -2.19. The molecule has 3 amide bonds. The molecule has 1 aromatic carbocycles. The number of fused-ring (bicyclic) bond motifs is 1. The van der Waals surface area contributed by atoms with Crippen LogP contribution in [0.1, 0.15) is 58.8 Å². The fourth-order valence-electron chi connectivity index (χ4n) is 4.21. The topological polar surface area (TPSA) is 84.9 Å². The molecule has 1 unspecified atom stereocenters. The normalized spacial score (nSPS) is 24.6. The van der Waals surface area contributed by atoms with Gasteiger partial charge in [0.05, 0.1) is 29.5 Å². The first-order valence-corrected chi connectivity index (χ1v) is 14.1. The highest BCUT2D eigenvalue weighted by atomic mass is 28.4. The summed E-state index contributed by atoms with van der Waals surface area (Å²) in [6.07, 6.45) is -0.327. The van der Waals surface area contributed by atoms with Gasteiger partial charge in [0.15, 0.2) is 14.0 Å². The molecule has 1 fully saturated rings. The number of ether oxygens (including phenoxy) is 1. The highest BCUT2D eigenvalue weighted by molar-refractivity contribution is 6.74. The molecule has 1 N–H and O–H groups in total. The van der Waals surface area contributed by atoms with Crippen molar-refractivity contribution in [3.8, 4) is 5.75 Å². The smallest absolute Gasteiger partial charge is 0.267 e. The minimum Gasteiger partial charge on any atom is -0.467 e. The predicted octanol–water partition coefficient (Wildman–Crippen LogP) is 3.94. The third-order valence-corrected chi connectivity index (χ3v) is 11.7. The van der Waals surface area contributed by atoms with Gasteiger partial charge in [-0.05, 0) is 51.0 Å². The Morgan fingerprint density at radius 1 is 1.19 bits per heavy atom. The van der Waals surface area contributed by atoms with Crippen molar-refractivity contribution in [1.29, 1.82) is 0 Å². The Morgan fingerprint density at radius 3 is 2.34 bits per heavy atom. The molecule has 176 valence electrons. The Labute approximate surface area is 192 Å². The van der Waals surface area contributed by atoms with Gasteiger partial charge in [-0.2, -0.15) is 0 Å². The first kappa shape index (κ1) is 24.4. The van der Waals surface area contributed by atoms with Crippen LogP contribution in [-0.4, -0.2) is 48.8 Å². The summed E-state index contributed by atoms with van der Waals surface area (Å²) < 4.78 is 12.4. The van der Waals surface area contributed by atoms with Crippen molar-refractivity contribution in [3.05, 3.63) is 29.8 Å². The summed E-state index contributed by atoms with van der Waals surface area (Å²) in [6.45, 7) is 17.8. The van der Waals surface area contributed by atoms with Gasteiger partial charge in [-0.3, -0.25) is 14.4 Å². The van der Waals surface area contributed by atoms with Crippen LogP contribution in [-0.2, 0) is 14.0 Å². The lowest BCUT2D eigenvalue weighted by Crippen LogP contribution is -2.69. The quantitative estimate of drug-likeness (QED) is 0.531. The lowest BCUT2D eigenvalue weighted by Gasteiger charge is -2.48. The number of rotatable bonds is 5. The van der Waals surface area contributed by atoms with E-state index in [1.54, 1.807) is 45.0 Å². The van der Waals surface area contributed by atoms with Crippen LogP contribution in [0.15, 0.2) is 24.3 Å². The molecule has 1 aromatic rings. The van der Waals surface area contributed by atoms with Crippen LogP contribution >= 0.6 is 0 Å². The summed E-state index contributed by atoms with van der Waals surface area (Å²) in [7, 11) is -2.09. The van der Waals surface area contributed by atoms with Crippen LogP contribution in [0.4, 0.5) is 0 Å². The summed E-state index contributed by atoms with van der Waals surface area (Å²) in [4.78, 5) is 40.4. The highest BCUT2D eigenvalue weighted by Gasteiger charge is 2.53. The largest absolute Gasteiger partial charge is 0.467 e. The molecule has 4 atom stereocenters. The molecule has 32 heavy (non-hydrogen) atoms. The number of nitrogens with one attached hydrogen (secondary N) is 1. The second-order valence-corrected chi connectivity index (χ2v) is 15.7. The van der Waals surface area contributed by atoms with Crippen LogP contribution in [0.2, 0.25) is 18.1 Å². The van der Waals surface area contributed by atoms with Gasteiger partial charge in [0.25, 0.3) is 5.91 Å². The molecule has 0 bridgehead atoms. The predicted molar refractivity (Wildman–Crippen MR) is 125 cm³/mol. The van der Waals surface area contributed by atoms with E-state index >= 15 is 0 Å². The number of benzene rings is 1. The summed E-state index contributed by atoms with van der Waals surface area (Å²) in [5, 5.41) is 2.88. The molecule has 2 heterocycles. The van der Waals surface area contributed by atoms with Crippen molar-refractivity contribution in [1.82, 2.24) is 10.2 Å². The lowest BCUT2D eigenvalue weighted by atomic mass is 9.78. The maximum atomic E-state index is 13.5. The third kappa shape index (κ3) is 4.10. The average molecular weight is 461 g/mol. The van der Waals surface area contributed by atoms with Crippen molar-refractivity contribution in [2.75, 3.05) is 0 Å². The van der Waals surface area contributed by atoms with Gasteiger partial charge >= 0.3 is 0 Å². The fraction of sp³-hybridized carbons (Fsp3) is 0.625. The molecule has 0 saturated carbocycles. The number of carbonyl (C=O) groups is 3. The number of β-lactam (4-membered cyclic amide) rings is 1. The standard InChI is InChI=1S/C24H36N2O5Si/c1-14(19-18(20(27)25-19)15(2)31-32(8,9)23(3,4)5)21(28)26-22(29)16-12-10-11-13-17(16)30-24(26,6)7/h10-15,18-19H,1-9H3,(H,25,27)/t14?,15-,18-,19-/m1/s1. The first-order chi connectivity index (χ1) is 14.6. The van der Waals surface area contributed by atoms with Gasteiger partial charge in [0.2, 0.25) is 11.8 Å². The summed E-state index contributed by atoms with van der Waals surface area (Å²) in [5.74, 6) is -1.47. The molecule has 8 heteroatoms. The molecular weight excluding hydrogens is 424 g/mol. The van der Waals surface area contributed by atoms with Gasteiger partial charge in [0.1, 0.15) is 5.75 Å². The average Bonchev–Trinajstić information content (AvgIpc) is 2.63. The maximum absolute atomic E-state index is 13.5. The minimum absolute atomic E-state index is 0.00733. The first-order valence-electron chi connectivity index (χ1n) is 11.2. The van der Waals surface area contributed by atoms with Crippen molar-refractivity contribution in [2.45, 2.75) is 84.5 Å². The number of para-hydroxylation sites is 1. The molecular formula is C24H36N2O5Si. The molecule has 0 aromatic heterocycles. The molecule has 1 saturated heterocycles. The number of hydrogen-bond donors (Lipinski definition) is 1. The van der Waals surface area contributed by atoms with Gasteiger partial charge in [0, 0.05) is 0 Å². The second kappa shape index (κ2) is 7.99. The maximum Gasteiger partial charge on any atom is 0.267 e. The number of hydrogen-bond acceptors (Lipinski definition) is 5. The molecule has 0 spiro atoms.